The summed E-state index contributed by atoms with van der Waals surface area (Å²) in [7, 11) is -3.74. The standard InChI is InChI=1S/C24H20FN3O3S2/c1-3-14-28-21-13-8-18(25)15-22(21)32-24(28)26-23(29)17-6-9-19(10-7-17)27-33(30,31)20-11-4-16(2)5-12-20/h3-13,15,27H,1,14H2,2H3. The monoisotopic (exact) mass is 481 g/mol. The number of aromatic nitrogens is 1. The van der Waals surface area contributed by atoms with Crippen molar-refractivity contribution in [3.05, 3.63) is 101 Å². The third kappa shape index (κ3) is 4.94. The number of benzene rings is 3. The Labute approximate surface area is 194 Å². The highest BCUT2D eigenvalue weighted by molar-refractivity contribution is 7.92. The lowest BCUT2D eigenvalue weighted by Gasteiger charge is -2.08. The van der Waals surface area contributed by atoms with Gasteiger partial charge in [-0.05, 0) is 61.5 Å². The number of carbonyl (C=O) groups excluding carboxylic acids is 1. The number of amides is 1. The lowest BCUT2D eigenvalue weighted by Crippen LogP contribution is -2.16. The third-order valence-corrected chi connectivity index (χ3v) is 7.31. The van der Waals surface area contributed by atoms with E-state index in [4.69, 9.17) is 0 Å². The van der Waals surface area contributed by atoms with Gasteiger partial charge in [-0.15, -0.1) is 6.58 Å². The topological polar surface area (TPSA) is 80.5 Å². The number of hydrogen-bond acceptors (Lipinski definition) is 4. The second-order valence-corrected chi connectivity index (χ2v) is 10.0. The molecule has 4 aromatic rings. The maximum Gasteiger partial charge on any atom is 0.279 e. The van der Waals surface area contributed by atoms with Gasteiger partial charge in [0.2, 0.25) is 0 Å². The number of carbonyl (C=O) groups is 1. The SMILES string of the molecule is C=CCn1c(=NC(=O)c2ccc(NS(=O)(=O)c3ccc(C)cc3)cc2)sc2cc(F)ccc21. The lowest BCUT2D eigenvalue weighted by atomic mass is 10.2. The van der Waals surface area contributed by atoms with Crippen molar-refractivity contribution in [1.82, 2.24) is 4.57 Å². The second kappa shape index (κ2) is 9.13. The molecule has 0 bridgehead atoms. The van der Waals surface area contributed by atoms with Crippen LogP contribution < -0.4 is 9.52 Å². The van der Waals surface area contributed by atoms with Crippen LogP contribution in [-0.2, 0) is 16.6 Å². The first-order chi connectivity index (χ1) is 15.8. The first kappa shape index (κ1) is 22.6. The predicted octanol–water partition coefficient (Wildman–Crippen LogP) is 4.88. The van der Waals surface area contributed by atoms with Crippen LogP contribution in [0.5, 0.6) is 0 Å². The highest BCUT2D eigenvalue weighted by atomic mass is 32.2. The molecule has 3 aromatic carbocycles. The van der Waals surface area contributed by atoms with Crippen LogP contribution in [0.1, 0.15) is 15.9 Å². The second-order valence-electron chi connectivity index (χ2n) is 7.31. The van der Waals surface area contributed by atoms with Gasteiger partial charge in [0, 0.05) is 17.8 Å². The van der Waals surface area contributed by atoms with Crippen LogP contribution in [0, 0.1) is 12.7 Å². The Balaban J connectivity index is 1.60. The molecule has 9 heteroatoms. The summed E-state index contributed by atoms with van der Waals surface area (Å²) in [6.45, 7) is 6.02. The Bertz CT molecular complexity index is 1520. The molecule has 6 nitrogen and oxygen atoms in total. The largest absolute Gasteiger partial charge is 0.312 e. The Kier molecular flexibility index (Phi) is 6.26. The van der Waals surface area contributed by atoms with Gasteiger partial charge in [0.15, 0.2) is 4.80 Å². The summed E-state index contributed by atoms with van der Waals surface area (Å²) < 4.78 is 43.7. The van der Waals surface area contributed by atoms with Crippen molar-refractivity contribution in [2.45, 2.75) is 18.4 Å². The molecule has 0 atom stereocenters. The molecule has 1 heterocycles. The van der Waals surface area contributed by atoms with Crippen molar-refractivity contribution >= 4 is 43.2 Å². The minimum Gasteiger partial charge on any atom is -0.312 e. The number of nitrogens with zero attached hydrogens (tertiary/aromatic N) is 2. The molecule has 0 aliphatic heterocycles. The summed E-state index contributed by atoms with van der Waals surface area (Å²) in [5.41, 5.74) is 2.33. The normalized spacial score (nSPS) is 12.1. The van der Waals surface area contributed by atoms with Crippen LogP contribution in [0.15, 0.2) is 89.3 Å². The predicted molar refractivity (Wildman–Crippen MR) is 128 cm³/mol. The molecule has 33 heavy (non-hydrogen) atoms. The first-order valence-electron chi connectivity index (χ1n) is 9.95. The molecule has 0 fully saturated rings. The minimum absolute atomic E-state index is 0.149. The fraction of sp³-hybridized carbons (Fsp3) is 0.0833. The number of allylic oxidation sites excluding steroid dienone is 1. The number of halogens is 1. The van der Waals surface area contributed by atoms with Crippen molar-refractivity contribution in [3.8, 4) is 0 Å². The number of nitrogens with one attached hydrogen (secondary N) is 1. The summed E-state index contributed by atoms with van der Waals surface area (Å²) >= 11 is 1.21. The van der Waals surface area contributed by atoms with Gasteiger partial charge in [0.25, 0.3) is 15.9 Å². The fourth-order valence-electron chi connectivity index (χ4n) is 3.20. The van der Waals surface area contributed by atoms with Crippen molar-refractivity contribution < 1.29 is 17.6 Å². The van der Waals surface area contributed by atoms with E-state index < -0.39 is 15.9 Å². The maximum atomic E-state index is 13.6. The summed E-state index contributed by atoms with van der Waals surface area (Å²) in [5, 5.41) is 0. The van der Waals surface area contributed by atoms with Gasteiger partial charge in [0.1, 0.15) is 5.82 Å². The van der Waals surface area contributed by atoms with Crippen LogP contribution in [0.3, 0.4) is 0 Å². The molecular formula is C24H20FN3O3S2. The summed E-state index contributed by atoms with van der Waals surface area (Å²) in [6.07, 6.45) is 1.67. The van der Waals surface area contributed by atoms with Crippen molar-refractivity contribution in [3.63, 3.8) is 0 Å². The van der Waals surface area contributed by atoms with Crippen LogP contribution in [0.25, 0.3) is 10.2 Å². The molecule has 0 spiro atoms. The zero-order valence-electron chi connectivity index (χ0n) is 17.7. The van der Waals surface area contributed by atoms with E-state index in [1.165, 1.54) is 59.9 Å². The highest BCUT2D eigenvalue weighted by Crippen LogP contribution is 2.20. The molecule has 0 radical (unpaired) electrons. The number of thiazole rings is 1. The van der Waals surface area contributed by atoms with E-state index in [1.54, 1.807) is 28.8 Å². The van der Waals surface area contributed by atoms with E-state index in [9.17, 15) is 17.6 Å². The van der Waals surface area contributed by atoms with E-state index in [0.717, 1.165) is 11.1 Å². The Morgan fingerprint density at radius 2 is 1.82 bits per heavy atom. The van der Waals surface area contributed by atoms with E-state index in [2.05, 4.69) is 16.3 Å². The number of rotatable bonds is 6. The van der Waals surface area contributed by atoms with E-state index >= 15 is 0 Å². The van der Waals surface area contributed by atoms with Crippen molar-refractivity contribution in [1.29, 1.82) is 0 Å². The number of hydrogen-bond donors (Lipinski definition) is 1. The van der Waals surface area contributed by atoms with E-state index in [0.29, 0.717) is 27.3 Å². The van der Waals surface area contributed by atoms with Crippen LogP contribution >= 0.6 is 11.3 Å². The Hall–Kier alpha value is -3.56. The molecule has 0 aliphatic carbocycles. The zero-order valence-corrected chi connectivity index (χ0v) is 19.3. The highest BCUT2D eigenvalue weighted by Gasteiger charge is 2.15. The average Bonchev–Trinajstić information content (AvgIpc) is 3.10. The Morgan fingerprint density at radius 1 is 1.12 bits per heavy atom. The van der Waals surface area contributed by atoms with Gasteiger partial charge in [-0.1, -0.05) is 35.1 Å². The van der Waals surface area contributed by atoms with Gasteiger partial charge in [0.05, 0.1) is 15.1 Å². The molecule has 4 rings (SSSR count). The molecule has 0 unspecified atom stereocenters. The Morgan fingerprint density at radius 3 is 2.48 bits per heavy atom. The summed E-state index contributed by atoms with van der Waals surface area (Å²) in [4.78, 5) is 17.5. The van der Waals surface area contributed by atoms with Gasteiger partial charge in [-0.25, -0.2) is 12.8 Å². The minimum atomic E-state index is -3.74. The number of aryl methyl sites for hydroxylation is 1. The molecule has 168 valence electrons. The zero-order chi connectivity index (χ0) is 23.6. The number of anilines is 1. The van der Waals surface area contributed by atoms with E-state index in [1.807, 2.05) is 6.92 Å². The molecule has 0 saturated heterocycles. The maximum absolute atomic E-state index is 13.6. The van der Waals surface area contributed by atoms with E-state index in [-0.39, 0.29) is 10.7 Å². The first-order valence-corrected chi connectivity index (χ1v) is 12.3. The molecule has 0 aliphatic rings. The molecule has 1 amide bonds. The van der Waals surface area contributed by atoms with Gasteiger partial charge < -0.3 is 4.57 Å². The smallest absolute Gasteiger partial charge is 0.279 e. The average molecular weight is 482 g/mol. The van der Waals surface area contributed by atoms with Crippen LogP contribution in [0.2, 0.25) is 0 Å². The molecule has 1 aromatic heterocycles. The van der Waals surface area contributed by atoms with Crippen LogP contribution in [-0.4, -0.2) is 18.9 Å². The molecular weight excluding hydrogens is 461 g/mol. The van der Waals surface area contributed by atoms with Crippen LogP contribution in [0.4, 0.5) is 10.1 Å². The molecule has 0 saturated carbocycles. The van der Waals surface area contributed by atoms with Gasteiger partial charge in [-0.2, -0.15) is 4.99 Å². The lowest BCUT2D eigenvalue weighted by molar-refractivity contribution is 0.0998. The number of sulfonamides is 1. The summed E-state index contributed by atoms with van der Waals surface area (Å²) in [6, 6.07) is 16.9. The number of fused-ring (bicyclic) bond motifs is 1. The third-order valence-electron chi connectivity index (χ3n) is 4.87. The van der Waals surface area contributed by atoms with Crippen molar-refractivity contribution in [2.24, 2.45) is 4.99 Å². The van der Waals surface area contributed by atoms with Crippen molar-refractivity contribution in [2.75, 3.05) is 4.72 Å². The quantitative estimate of drug-likeness (QED) is 0.399. The fourth-order valence-corrected chi connectivity index (χ4v) is 5.32. The van der Waals surface area contributed by atoms with Gasteiger partial charge >= 0.3 is 0 Å². The summed E-state index contributed by atoms with van der Waals surface area (Å²) in [5.74, 6) is -0.858. The van der Waals surface area contributed by atoms with Gasteiger partial charge in [-0.3, -0.25) is 9.52 Å². The molecule has 1 N–H and O–H groups in total.